The van der Waals surface area contributed by atoms with E-state index in [0.29, 0.717) is 0 Å². The Kier molecular flexibility index (Phi) is 3.01. The number of rotatable bonds is 1. The summed E-state index contributed by atoms with van der Waals surface area (Å²) in [6.45, 7) is 4.33. The molecule has 88 valence electrons. The lowest BCUT2D eigenvalue weighted by Gasteiger charge is -2.39. The van der Waals surface area contributed by atoms with Crippen molar-refractivity contribution in [3.8, 4) is 5.75 Å². The fourth-order valence-corrected chi connectivity index (χ4v) is 2.77. The van der Waals surface area contributed by atoms with Crippen LogP contribution in [0.15, 0.2) is 18.2 Å². The second kappa shape index (κ2) is 4.04. The van der Waals surface area contributed by atoms with Crippen molar-refractivity contribution in [3.63, 3.8) is 0 Å². The van der Waals surface area contributed by atoms with E-state index in [9.17, 15) is 5.11 Å². The second-order valence-corrected chi connectivity index (χ2v) is 6.06. The van der Waals surface area contributed by atoms with Crippen molar-refractivity contribution in [1.82, 2.24) is 0 Å². The van der Waals surface area contributed by atoms with Crippen molar-refractivity contribution >= 4 is 15.9 Å². The molecule has 0 saturated carbocycles. The van der Waals surface area contributed by atoms with Gasteiger partial charge in [0.15, 0.2) is 0 Å². The molecule has 0 bridgehead atoms. The minimum Gasteiger partial charge on any atom is -0.497 e. The summed E-state index contributed by atoms with van der Waals surface area (Å²) in [5, 5.41) is 10.2. The van der Waals surface area contributed by atoms with Crippen molar-refractivity contribution in [2.24, 2.45) is 5.41 Å². The van der Waals surface area contributed by atoms with Crippen LogP contribution in [0.4, 0.5) is 0 Å². The molecule has 3 heteroatoms. The molecule has 2 atom stereocenters. The number of ether oxygens (including phenoxy) is 1. The van der Waals surface area contributed by atoms with E-state index in [-0.39, 0.29) is 10.2 Å². The van der Waals surface area contributed by atoms with Gasteiger partial charge in [-0.15, -0.1) is 0 Å². The average molecular weight is 285 g/mol. The van der Waals surface area contributed by atoms with Crippen molar-refractivity contribution in [3.05, 3.63) is 29.3 Å². The van der Waals surface area contributed by atoms with Crippen LogP contribution in [-0.2, 0) is 6.42 Å². The molecule has 0 aromatic heterocycles. The lowest BCUT2D eigenvalue weighted by Crippen LogP contribution is -2.36. The predicted molar refractivity (Wildman–Crippen MR) is 68.2 cm³/mol. The van der Waals surface area contributed by atoms with Crippen LogP contribution in [0.1, 0.15) is 31.1 Å². The molecule has 0 saturated heterocycles. The van der Waals surface area contributed by atoms with E-state index in [1.807, 2.05) is 18.2 Å². The highest BCUT2D eigenvalue weighted by Gasteiger charge is 2.39. The van der Waals surface area contributed by atoms with E-state index in [1.54, 1.807) is 7.11 Å². The summed E-state index contributed by atoms with van der Waals surface area (Å²) >= 11 is 3.60. The van der Waals surface area contributed by atoms with Crippen molar-refractivity contribution in [1.29, 1.82) is 0 Å². The summed E-state index contributed by atoms with van der Waals surface area (Å²) in [7, 11) is 1.67. The number of aliphatic hydroxyl groups excluding tert-OH is 1. The van der Waals surface area contributed by atoms with Crippen LogP contribution < -0.4 is 4.74 Å². The smallest absolute Gasteiger partial charge is 0.119 e. The van der Waals surface area contributed by atoms with Gasteiger partial charge in [0, 0.05) is 0 Å². The SMILES string of the molecule is COc1ccc2c(c1)CC(C)(C)[C@H](Br)[C@@H]2O. The van der Waals surface area contributed by atoms with E-state index in [0.717, 1.165) is 17.7 Å². The van der Waals surface area contributed by atoms with Crippen LogP contribution in [0.5, 0.6) is 5.75 Å². The molecular weight excluding hydrogens is 268 g/mol. The van der Waals surface area contributed by atoms with E-state index in [1.165, 1.54) is 5.56 Å². The molecule has 1 aliphatic rings. The van der Waals surface area contributed by atoms with Gasteiger partial charge in [-0.3, -0.25) is 0 Å². The summed E-state index contributed by atoms with van der Waals surface area (Å²) < 4.78 is 5.22. The van der Waals surface area contributed by atoms with Gasteiger partial charge in [0.25, 0.3) is 0 Å². The zero-order chi connectivity index (χ0) is 11.9. The maximum absolute atomic E-state index is 10.2. The van der Waals surface area contributed by atoms with Crippen molar-refractivity contribution in [2.45, 2.75) is 31.2 Å². The molecule has 0 heterocycles. The second-order valence-electron chi connectivity index (χ2n) is 5.08. The first kappa shape index (κ1) is 11.9. The molecule has 1 aromatic rings. The Balaban J connectivity index is 2.46. The molecule has 0 radical (unpaired) electrons. The summed E-state index contributed by atoms with van der Waals surface area (Å²) in [6, 6.07) is 5.89. The number of alkyl halides is 1. The van der Waals surface area contributed by atoms with Gasteiger partial charge in [-0.05, 0) is 35.1 Å². The number of halogens is 1. The van der Waals surface area contributed by atoms with Crippen LogP contribution in [0, 0.1) is 5.41 Å². The van der Waals surface area contributed by atoms with Crippen LogP contribution in [-0.4, -0.2) is 17.0 Å². The highest BCUT2D eigenvalue weighted by Crippen LogP contribution is 2.45. The standard InChI is InChI=1S/C13H17BrO2/c1-13(2)7-8-6-9(16-3)4-5-10(8)11(15)12(13)14/h4-6,11-12,15H,7H2,1-3H3/t11-,12-/m1/s1. The summed E-state index contributed by atoms with van der Waals surface area (Å²) in [5.74, 6) is 0.856. The number of hydrogen-bond donors (Lipinski definition) is 1. The van der Waals surface area contributed by atoms with Crippen LogP contribution >= 0.6 is 15.9 Å². The van der Waals surface area contributed by atoms with Gasteiger partial charge in [0.2, 0.25) is 0 Å². The topological polar surface area (TPSA) is 29.5 Å². The normalized spacial score (nSPS) is 27.3. The van der Waals surface area contributed by atoms with Crippen molar-refractivity contribution < 1.29 is 9.84 Å². The van der Waals surface area contributed by atoms with Gasteiger partial charge in [-0.2, -0.15) is 0 Å². The van der Waals surface area contributed by atoms with Gasteiger partial charge < -0.3 is 9.84 Å². The molecule has 1 N–H and O–H groups in total. The summed E-state index contributed by atoms with van der Waals surface area (Å²) in [6.07, 6.45) is 0.511. The van der Waals surface area contributed by atoms with E-state index in [2.05, 4.69) is 29.8 Å². The molecule has 2 nitrogen and oxygen atoms in total. The maximum atomic E-state index is 10.2. The predicted octanol–water partition coefficient (Wildman–Crippen LogP) is 3.07. The van der Waals surface area contributed by atoms with E-state index >= 15 is 0 Å². The minimum absolute atomic E-state index is 0.0543. The molecule has 0 unspecified atom stereocenters. The lowest BCUT2D eigenvalue weighted by atomic mass is 9.73. The Hall–Kier alpha value is -0.540. The Bertz CT molecular complexity index is 401. The quantitative estimate of drug-likeness (QED) is 0.803. The van der Waals surface area contributed by atoms with Gasteiger partial charge in [0.1, 0.15) is 5.75 Å². The zero-order valence-corrected chi connectivity index (χ0v) is 11.4. The highest BCUT2D eigenvalue weighted by molar-refractivity contribution is 9.09. The number of hydrogen-bond acceptors (Lipinski definition) is 2. The Morgan fingerprint density at radius 2 is 2.12 bits per heavy atom. The average Bonchev–Trinajstić information content (AvgIpc) is 2.25. The Morgan fingerprint density at radius 1 is 1.44 bits per heavy atom. The van der Waals surface area contributed by atoms with Gasteiger partial charge in [-0.1, -0.05) is 35.8 Å². The van der Waals surface area contributed by atoms with E-state index < -0.39 is 6.10 Å². The monoisotopic (exact) mass is 284 g/mol. The Morgan fingerprint density at radius 3 is 2.75 bits per heavy atom. The third-order valence-electron chi connectivity index (χ3n) is 3.34. The molecule has 2 rings (SSSR count). The summed E-state index contributed by atoms with van der Waals surface area (Å²) in [5.41, 5.74) is 2.26. The largest absolute Gasteiger partial charge is 0.497 e. The molecule has 1 aromatic carbocycles. The number of methoxy groups -OCH3 is 1. The lowest BCUT2D eigenvalue weighted by molar-refractivity contribution is 0.112. The van der Waals surface area contributed by atoms with Crippen molar-refractivity contribution in [2.75, 3.05) is 7.11 Å². The Labute approximate surface area is 105 Å². The van der Waals surface area contributed by atoms with Crippen LogP contribution in [0.25, 0.3) is 0 Å². The van der Waals surface area contributed by atoms with E-state index in [4.69, 9.17) is 4.74 Å². The molecule has 0 fully saturated rings. The minimum atomic E-state index is -0.440. The first-order valence-corrected chi connectivity index (χ1v) is 6.36. The highest BCUT2D eigenvalue weighted by atomic mass is 79.9. The number of fused-ring (bicyclic) bond motifs is 1. The molecule has 0 aliphatic heterocycles. The third-order valence-corrected chi connectivity index (χ3v) is 5.08. The molecule has 0 spiro atoms. The van der Waals surface area contributed by atoms with Gasteiger partial charge in [-0.25, -0.2) is 0 Å². The fraction of sp³-hybridized carbons (Fsp3) is 0.538. The molecule has 1 aliphatic carbocycles. The zero-order valence-electron chi connectivity index (χ0n) is 9.83. The van der Waals surface area contributed by atoms with Crippen LogP contribution in [0.3, 0.4) is 0 Å². The fourth-order valence-electron chi connectivity index (χ4n) is 2.32. The summed E-state index contributed by atoms with van der Waals surface area (Å²) in [4.78, 5) is 0.0981. The van der Waals surface area contributed by atoms with Gasteiger partial charge >= 0.3 is 0 Å². The first-order valence-electron chi connectivity index (χ1n) is 5.44. The molecule has 16 heavy (non-hydrogen) atoms. The number of benzene rings is 1. The number of aliphatic hydroxyl groups is 1. The molecular formula is C13H17BrO2. The molecule has 0 amide bonds. The maximum Gasteiger partial charge on any atom is 0.119 e. The first-order chi connectivity index (χ1) is 7.45. The third kappa shape index (κ3) is 1.87. The van der Waals surface area contributed by atoms with Gasteiger partial charge in [0.05, 0.1) is 18.0 Å². The van der Waals surface area contributed by atoms with Crippen LogP contribution in [0.2, 0.25) is 0 Å².